The molecule has 0 radical (unpaired) electrons. The molecule has 2 unspecified atom stereocenters. The first-order valence-corrected chi connectivity index (χ1v) is 9.22. The molecule has 2 fully saturated rings. The number of aliphatic hydroxyl groups is 1. The summed E-state index contributed by atoms with van der Waals surface area (Å²) >= 11 is 6.20. The van der Waals surface area contributed by atoms with Gasteiger partial charge in [0.25, 0.3) is 0 Å². The van der Waals surface area contributed by atoms with Gasteiger partial charge in [0.1, 0.15) is 22.6 Å². The minimum Gasteiger partial charge on any atom is -0.388 e. The van der Waals surface area contributed by atoms with E-state index in [0.717, 1.165) is 49.4 Å². The molecular weight excluding hydrogens is 341 g/mol. The van der Waals surface area contributed by atoms with E-state index in [9.17, 15) is 9.50 Å². The summed E-state index contributed by atoms with van der Waals surface area (Å²) < 4.78 is 13.1. The number of aromatic nitrogens is 2. The van der Waals surface area contributed by atoms with Crippen LogP contribution in [0.2, 0.25) is 5.15 Å². The number of anilines is 1. The third-order valence-corrected chi connectivity index (χ3v) is 5.26. The molecule has 6 heteroatoms. The zero-order chi connectivity index (χ0) is 17.4. The van der Waals surface area contributed by atoms with E-state index in [1.807, 2.05) is 6.07 Å². The molecule has 1 aromatic heterocycles. The third kappa shape index (κ3) is 3.77. The van der Waals surface area contributed by atoms with Crippen LogP contribution in [-0.4, -0.2) is 27.7 Å². The Balaban J connectivity index is 1.51. The van der Waals surface area contributed by atoms with Gasteiger partial charge < -0.3 is 10.0 Å². The lowest BCUT2D eigenvalue weighted by molar-refractivity contribution is 0.158. The normalized spacial score (nSPS) is 21.6. The zero-order valence-electron chi connectivity index (χ0n) is 13.9. The largest absolute Gasteiger partial charge is 0.388 e. The zero-order valence-corrected chi connectivity index (χ0v) is 14.7. The number of aliphatic hydroxyl groups excluding tert-OH is 1. The van der Waals surface area contributed by atoms with E-state index in [2.05, 4.69) is 9.88 Å². The van der Waals surface area contributed by atoms with Gasteiger partial charge in [-0.2, -0.15) is 0 Å². The van der Waals surface area contributed by atoms with Crippen molar-refractivity contribution in [3.05, 3.63) is 52.7 Å². The maximum Gasteiger partial charge on any atom is 0.135 e. The number of nitrogens with zero attached hydrogens (tertiary/aromatic N) is 3. The van der Waals surface area contributed by atoms with Crippen molar-refractivity contribution in [2.75, 3.05) is 11.4 Å². The van der Waals surface area contributed by atoms with Crippen molar-refractivity contribution in [1.29, 1.82) is 0 Å². The van der Waals surface area contributed by atoms with Crippen LogP contribution >= 0.6 is 11.6 Å². The fourth-order valence-corrected chi connectivity index (χ4v) is 3.74. The second kappa shape index (κ2) is 6.89. The monoisotopic (exact) mass is 361 g/mol. The van der Waals surface area contributed by atoms with Crippen molar-refractivity contribution in [2.24, 2.45) is 0 Å². The SMILES string of the molecule is OC(CC1CCCN1c1cc(Cl)nc(C2CC2)n1)c1ccc(F)cc1. The maximum atomic E-state index is 13.1. The molecule has 4 nitrogen and oxygen atoms in total. The number of benzene rings is 1. The number of halogens is 2. The van der Waals surface area contributed by atoms with E-state index in [-0.39, 0.29) is 11.9 Å². The van der Waals surface area contributed by atoms with Crippen LogP contribution in [0.3, 0.4) is 0 Å². The average molecular weight is 362 g/mol. The highest BCUT2D eigenvalue weighted by Crippen LogP contribution is 2.40. The maximum absolute atomic E-state index is 13.1. The summed E-state index contributed by atoms with van der Waals surface area (Å²) in [6.07, 6.45) is 4.29. The first kappa shape index (κ1) is 16.7. The van der Waals surface area contributed by atoms with E-state index in [4.69, 9.17) is 16.6 Å². The van der Waals surface area contributed by atoms with Gasteiger partial charge in [0.15, 0.2) is 0 Å². The van der Waals surface area contributed by atoms with Crippen LogP contribution in [0.4, 0.5) is 10.2 Å². The molecule has 132 valence electrons. The molecule has 4 rings (SSSR count). The Hall–Kier alpha value is -1.72. The van der Waals surface area contributed by atoms with Crippen LogP contribution in [0.15, 0.2) is 30.3 Å². The Morgan fingerprint density at radius 1 is 1.20 bits per heavy atom. The van der Waals surface area contributed by atoms with Crippen molar-refractivity contribution >= 4 is 17.4 Å². The average Bonchev–Trinajstić information content (AvgIpc) is 3.35. The lowest BCUT2D eigenvalue weighted by atomic mass is 10.0. The summed E-state index contributed by atoms with van der Waals surface area (Å²) in [6, 6.07) is 8.07. The van der Waals surface area contributed by atoms with Crippen molar-refractivity contribution in [3.63, 3.8) is 0 Å². The van der Waals surface area contributed by atoms with E-state index < -0.39 is 6.10 Å². The molecule has 1 aliphatic heterocycles. The standard InChI is InChI=1S/C19H21ClFN3O/c20-17-11-18(23-19(22-17)13-3-4-13)24-9-1-2-15(24)10-16(25)12-5-7-14(21)8-6-12/h5-8,11,13,15-16,25H,1-4,9-10H2. The quantitative estimate of drug-likeness (QED) is 0.809. The molecule has 1 saturated heterocycles. The lowest BCUT2D eigenvalue weighted by Gasteiger charge is -2.28. The summed E-state index contributed by atoms with van der Waals surface area (Å²) in [5.74, 6) is 1.85. The number of hydrogen-bond acceptors (Lipinski definition) is 4. The van der Waals surface area contributed by atoms with Gasteiger partial charge in [-0.1, -0.05) is 23.7 Å². The van der Waals surface area contributed by atoms with Gasteiger partial charge in [0, 0.05) is 24.6 Å². The van der Waals surface area contributed by atoms with Gasteiger partial charge in [-0.25, -0.2) is 14.4 Å². The van der Waals surface area contributed by atoms with E-state index in [1.165, 1.54) is 12.1 Å². The predicted octanol–water partition coefficient (Wildman–Crippen LogP) is 4.24. The van der Waals surface area contributed by atoms with Crippen LogP contribution < -0.4 is 4.90 Å². The van der Waals surface area contributed by atoms with Gasteiger partial charge in [0.05, 0.1) is 6.10 Å². The topological polar surface area (TPSA) is 49.2 Å². The summed E-state index contributed by atoms with van der Waals surface area (Å²) in [4.78, 5) is 11.3. The molecule has 1 N–H and O–H groups in total. The molecular formula is C19H21ClFN3O. The highest BCUT2D eigenvalue weighted by atomic mass is 35.5. The molecule has 0 bridgehead atoms. The van der Waals surface area contributed by atoms with E-state index >= 15 is 0 Å². The molecule has 0 spiro atoms. The van der Waals surface area contributed by atoms with Crippen molar-refractivity contribution in [1.82, 2.24) is 9.97 Å². The Morgan fingerprint density at radius 3 is 2.68 bits per heavy atom. The fourth-order valence-electron chi connectivity index (χ4n) is 3.56. The molecule has 2 aliphatic rings. The van der Waals surface area contributed by atoms with Gasteiger partial charge in [-0.05, 0) is 49.8 Å². The van der Waals surface area contributed by atoms with Gasteiger partial charge in [-0.3, -0.25) is 0 Å². The van der Waals surface area contributed by atoms with Crippen LogP contribution in [0.5, 0.6) is 0 Å². The van der Waals surface area contributed by atoms with E-state index in [1.54, 1.807) is 12.1 Å². The number of rotatable bonds is 5. The van der Waals surface area contributed by atoms with Crippen LogP contribution in [0.1, 0.15) is 55.5 Å². The molecule has 2 heterocycles. The first-order valence-electron chi connectivity index (χ1n) is 8.85. The van der Waals surface area contributed by atoms with Crippen molar-refractivity contribution in [3.8, 4) is 0 Å². The predicted molar refractivity (Wildman–Crippen MR) is 95.4 cm³/mol. The van der Waals surface area contributed by atoms with E-state index in [0.29, 0.717) is 17.5 Å². The minimum atomic E-state index is -0.619. The molecule has 1 aliphatic carbocycles. The van der Waals surface area contributed by atoms with Crippen molar-refractivity contribution in [2.45, 2.75) is 50.2 Å². The lowest BCUT2D eigenvalue weighted by Crippen LogP contribution is -2.31. The van der Waals surface area contributed by atoms with Crippen LogP contribution in [-0.2, 0) is 0 Å². The van der Waals surface area contributed by atoms with Gasteiger partial charge >= 0.3 is 0 Å². The minimum absolute atomic E-state index is 0.193. The summed E-state index contributed by atoms with van der Waals surface area (Å²) in [7, 11) is 0. The van der Waals surface area contributed by atoms with Gasteiger partial charge in [0.2, 0.25) is 0 Å². The molecule has 1 saturated carbocycles. The Morgan fingerprint density at radius 2 is 1.96 bits per heavy atom. The van der Waals surface area contributed by atoms with Crippen LogP contribution in [0, 0.1) is 5.82 Å². The molecule has 0 amide bonds. The highest BCUT2D eigenvalue weighted by Gasteiger charge is 2.31. The highest BCUT2D eigenvalue weighted by molar-refractivity contribution is 6.29. The number of hydrogen-bond donors (Lipinski definition) is 1. The molecule has 2 aromatic rings. The second-order valence-electron chi connectivity index (χ2n) is 6.97. The summed E-state index contributed by atoms with van der Waals surface area (Å²) in [5, 5.41) is 11.0. The third-order valence-electron chi connectivity index (χ3n) is 5.06. The smallest absolute Gasteiger partial charge is 0.135 e. The molecule has 2 atom stereocenters. The summed E-state index contributed by atoms with van der Waals surface area (Å²) in [6.45, 7) is 0.901. The van der Waals surface area contributed by atoms with Crippen LogP contribution in [0.25, 0.3) is 0 Å². The fraction of sp³-hybridized carbons (Fsp3) is 0.474. The van der Waals surface area contributed by atoms with Crippen molar-refractivity contribution < 1.29 is 9.50 Å². The Kier molecular flexibility index (Phi) is 4.61. The van der Waals surface area contributed by atoms with Gasteiger partial charge in [-0.15, -0.1) is 0 Å². The molecule has 25 heavy (non-hydrogen) atoms. The first-order chi connectivity index (χ1) is 12.1. The Labute approximate surface area is 151 Å². The molecule has 1 aromatic carbocycles. The summed E-state index contributed by atoms with van der Waals surface area (Å²) in [5.41, 5.74) is 0.743. The second-order valence-corrected chi connectivity index (χ2v) is 7.36. The Bertz CT molecular complexity index is 751.